The van der Waals surface area contributed by atoms with Gasteiger partial charge in [-0.15, -0.1) is 0 Å². The van der Waals surface area contributed by atoms with E-state index in [1.165, 1.54) is 4.90 Å². The van der Waals surface area contributed by atoms with E-state index in [0.717, 1.165) is 22.4 Å². The molecule has 35 heavy (non-hydrogen) atoms. The monoisotopic (exact) mass is 471 g/mol. The molecule has 0 saturated carbocycles. The maximum atomic E-state index is 13.9. The van der Waals surface area contributed by atoms with E-state index in [-0.39, 0.29) is 11.9 Å². The lowest BCUT2D eigenvalue weighted by Crippen LogP contribution is -2.72. The predicted molar refractivity (Wildman–Crippen MR) is 135 cm³/mol. The van der Waals surface area contributed by atoms with Gasteiger partial charge in [0, 0.05) is 16.9 Å². The van der Waals surface area contributed by atoms with E-state index in [9.17, 15) is 9.59 Å². The number of aryl methyl sites for hydroxylation is 3. The zero-order valence-electron chi connectivity index (χ0n) is 20.5. The van der Waals surface area contributed by atoms with Crippen LogP contribution >= 0.6 is 0 Å². The predicted octanol–water partition coefficient (Wildman–Crippen LogP) is 5.25. The maximum Gasteiger partial charge on any atom is 0.325 e. The summed E-state index contributed by atoms with van der Waals surface area (Å²) in [5.41, 5.74) is 3.90. The Morgan fingerprint density at radius 2 is 1.77 bits per heavy atom. The summed E-state index contributed by atoms with van der Waals surface area (Å²) in [6.45, 7) is 7.75. The Kier molecular flexibility index (Phi) is 5.43. The summed E-state index contributed by atoms with van der Waals surface area (Å²) < 4.78 is 12.1. The van der Waals surface area contributed by atoms with Crippen molar-refractivity contribution in [3.8, 4) is 11.5 Å². The van der Waals surface area contributed by atoms with E-state index >= 15 is 0 Å². The third-order valence-corrected chi connectivity index (χ3v) is 6.92. The van der Waals surface area contributed by atoms with Gasteiger partial charge in [0.15, 0.2) is 11.5 Å². The highest BCUT2D eigenvalue weighted by atomic mass is 16.5. The molecule has 2 aliphatic heterocycles. The van der Waals surface area contributed by atoms with E-state index in [1.807, 2.05) is 81.4 Å². The molecule has 3 amide bonds. The van der Waals surface area contributed by atoms with Crippen molar-refractivity contribution < 1.29 is 19.1 Å². The fraction of sp³-hybridized carbons (Fsp3) is 0.286. The van der Waals surface area contributed by atoms with Gasteiger partial charge in [-0.2, -0.15) is 0 Å². The lowest BCUT2D eigenvalue weighted by molar-refractivity contribution is -0.131. The number of benzene rings is 3. The van der Waals surface area contributed by atoms with Gasteiger partial charge < -0.3 is 20.1 Å². The minimum atomic E-state index is -1.31. The van der Waals surface area contributed by atoms with Gasteiger partial charge in [0.1, 0.15) is 5.92 Å². The quantitative estimate of drug-likeness (QED) is 0.544. The molecule has 0 radical (unpaired) electrons. The number of para-hydroxylation sites is 1. The van der Waals surface area contributed by atoms with Crippen molar-refractivity contribution in [1.29, 1.82) is 0 Å². The minimum absolute atomic E-state index is 0.241. The average molecular weight is 472 g/mol. The molecule has 3 aromatic carbocycles. The molecule has 3 aromatic rings. The molecule has 7 nitrogen and oxygen atoms in total. The molecule has 0 aliphatic carbocycles. The zero-order valence-corrected chi connectivity index (χ0v) is 20.5. The number of nitrogens with zero attached hydrogens (tertiary/aromatic N) is 1. The van der Waals surface area contributed by atoms with Gasteiger partial charge in [-0.25, -0.2) is 4.79 Å². The number of hydrogen-bond donors (Lipinski definition) is 2. The second-order valence-corrected chi connectivity index (χ2v) is 9.42. The highest BCUT2D eigenvalue weighted by molar-refractivity contribution is 6.01. The molecule has 5 rings (SSSR count). The van der Waals surface area contributed by atoms with Crippen LogP contribution in [0.25, 0.3) is 0 Å². The van der Waals surface area contributed by atoms with Crippen molar-refractivity contribution >= 4 is 23.3 Å². The zero-order chi connectivity index (χ0) is 24.9. The largest absolute Gasteiger partial charge is 0.493 e. The summed E-state index contributed by atoms with van der Waals surface area (Å²) in [7, 11) is 1.58. The third kappa shape index (κ3) is 3.67. The van der Waals surface area contributed by atoms with Crippen molar-refractivity contribution in [2.75, 3.05) is 17.3 Å². The normalized spacial score (nSPS) is 22.5. The molecule has 7 heteroatoms. The number of anilines is 2. The van der Waals surface area contributed by atoms with E-state index in [1.54, 1.807) is 14.0 Å². The van der Waals surface area contributed by atoms with Crippen LogP contribution in [0.5, 0.6) is 11.5 Å². The van der Waals surface area contributed by atoms with Crippen LogP contribution in [0, 0.1) is 26.7 Å². The Hall–Kier alpha value is -4.00. The van der Waals surface area contributed by atoms with Crippen LogP contribution in [0.1, 0.15) is 35.2 Å². The smallest absolute Gasteiger partial charge is 0.325 e. The second-order valence-electron chi connectivity index (χ2n) is 9.42. The molecule has 3 atom stereocenters. The average Bonchev–Trinajstić information content (AvgIpc) is 2.81. The molecule has 2 aliphatic rings. The van der Waals surface area contributed by atoms with Gasteiger partial charge in [-0.3, -0.25) is 9.69 Å². The Labute approximate surface area is 205 Å². The van der Waals surface area contributed by atoms with Gasteiger partial charge in [0.2, 0.25) is 11.6 Å². The fourth-order valence-electron chi connectivity index (χ4n) is 5.18. The summed E-state index contributed by atoms with van der Waals surface area (Å²) in [5, 5.41) is 6.16. The number of nitrogens with one attached hydrogen (secondary N) is 2. The number of ether oxygens (including phenoxy) is 2. The van der Waals surface area contributed by atoms with Gasteiger partial charge in [-0.05, 0) is 57.5 Å². The number of carbonyl (C=O) groups excluding carboxylic acids is 2. The topological polar surface area (TPSA) is 79.9 Å². The van der Waals surface area contributed by atoms with Crippen LogP contribution < -0.4 is 25.0 Å². The summed E-state index contributed by atoms with van der Waals surface area (Å²) >= 11 is 0. The van der Waals surface area contributed by atoms with Crippen molar-refractivity contribution in [3.05, 3.63) is 82.9 Å². The number of hydrogen-bond acceptors (Lipinski definition) is 4. The first-order valence-corrected chi connectivity index (χ1v) is 11.6. The highest BCUT2D eigenvalue weighted by Crippen LogP contribution is 2.52. The molecule has 1 saturated heterocycles. The van der Waals surface area contributed by atoms with Crippen molar-refractivity contribution in [2.24, 2.45) is 5.92 Å². The fourth-order valence-corrected chi connectivity index (χ4v) is 5.18. The van der Waals surface area contributed by atoms with Crippen LogP contribution in [0.4, 0.5) is 16.2 Å². The lowest BCUT2D eigenvalue weighted by Gasteiger charge is -2.54. The van der Waals surface area contributed by atoms with E-state index < -0.39 is 17.7 Å². The van der Waals surface area contributed by atoms with Crippen LogP contribution in [0.3, 0.4) is 0 Å². The van der Waals surface area contributed by atoms with Crippen molar-refractivity contribution in [3.63, 3.8) is 0 Å². The number of urea groups is 1. The number of carbonyl (C=O) groups is 2. The first-order chi connectivity index (χ1) is 16.7. The van der Waals surface area contributed by atoms with E-state index in [2.05, 4.69) is 10.6 Å². The third-order valence-electron chi connectivity index (χ3n) is 6.92. The molecule has 2 bridgehead atoms. The molecule has 2 N–H and O–H groups in total. The van der Waals surface area contributed by atoms with Crippen LogP contribution in [-0.2, 0) is 4.79 Å². The Morgan fingerprint density at radius 3 is 2.46 bits per heavy atom. The number of methoxy groups -OCH3 is 1. The van der Waals surface area contributed by atoms with E-state index in [0.29, 0.717) is 22.7 Å². The number of fused-ring (bicyclic) bond motifs is 4. The molecule has 2 heterocycles. The minimum Gasteiger partial charge on any atom is -0.493 e. The second kappa shape index (κ2) is 8.34. The Bertz CT molecular complexity index is 1320. The van der Waals surface area contributed by atoms with Crippen LogP contribution in [0.2, 0.25) is 0 Å². The molecule has 180 valence electrons. The molecular formula is C28H29N3O4. The molecule has 0 unspecified atom stereocenters. The highest BCUT2D eigenvalue weighted by Gasteiger charge is 2.60. The molecular weight excluding hydrogens is 442 g/mol. The SMILES string of the molecule is COc1cccc2c1O[C@@]1(C)[C@H](C(=O)Nc3ccc(C)cc3C)[C@H]2NC(=O)N1c1ccc(C)cc1. The summed E-state index contributed by atoms with van der Waals surface area (Å²) in [4.78, 5) is 28.9. The maximum absolute atomic E-state index is 13.9. The lowest BCUT2D eigenvalue weighted by atomic mass is 9.78. The first-order valence-electron chi connectivity index (χ1n) is 11.6. The molecule has 1 fully saturated rings. The van der Waals surface area contributed by atoms with E-state index in [4.69, 9.17) is 9.47 Å². The first kappa shape index (κ1) is 22.8. The van der Waals surface area contributed by atoms with Crippen LogP contribution in [0.15, 0.2) is 60.7 Å². The van der Waals surface area contributed by atoms with Crippen molar-refractivity contribution in [2.45, 2.75) is 39.5 Å². The van der Waals surface area contributed by atoms with Gasteiger partial charge in [-0.1, -0.05) is 47.5 Å². The molecule has 0 spiro atoms. The van der Waals surface area contributed by atoms with Gasteiger partial charge in [0.05, 0.1) is 13.2 Å². The van der Waals surface area contributed by atoms with Crippen molar-refractivity contribution in [1.82, 2.24) is 5.32 Å². The van der Waals surface area contributed by atoms with Gasteiger partial charge >= 0.3 is 6.03 Å². The Morgan fingerprint density at radius 1 is 1.06 bits per heavy atom. The number of amides is 3. The summed E-state index contributed by atoms with van der Waals surface area (Å²) in [5.74, 6) is 0.0824. The Balaban J connectivity index is 1.64. The molecule has 0 aromatic heterocycles. The summed E-state index contributed by atoms with van der Waals surface area (Å²) in [6, 6.07) is 18.1. The van der Waals surface area contributed by atoms with Gasteiger partial charge in [0.25, 0.3) is 0 Å². The van der Waals surface area contributed by atoms with Crippen LogP contribution in [-0.4, -0.2) is 24.8 Å². The number of rotatable bonds is 4. The standard InChI is InChI=1S/C28H29N3O4/c1-16-9-12-19(13-10-16)31-27(33)30-24-20-7-6-8-22(34-5)25(20)35-28(31,4)23(24)26(32)29-21-14-11-17(2)15-18(21)3/h6-15,23-24H,1-5H3,(H,29,32)(H,30,33)/t23-,24-,28-/m0/s1. The summed E-state index contributed by atoms with van der Waals surface area (Å²) in [6.07, 6.45) is 0.